The molecule has 1 aromatic heterocycles. The molecule has 0 radical (unpaired) electrons. The van der Waals surface area contributed by atoms with Gasteiger partial charge in [-0.05, 0) is 36.8 Å². The number of hydrogen-bond acceptors (Lipinski definition) is 3. The number of benzene rings is 1. The van der Waals surface area contributed by atoms with Gasteiger partial charge in [0, 0.05) is 12.6 Å². The monoisotopic (exact) mass is 255 g/mol. The molecule has 0 aliphatic carbocycles. The van der Waals surface area contributed by atoms with Crippen molar-refractivity contribution in [3.05, 3.63) is 65.2 Å². The largest absolute Gasteiger partial charge is 0.305 e. The van der Waals surface area contributed by atoms with Crippen LogP contribution < -0.4 is 5.32 Å². The van der Waals surface area contributed by atoms with Crippen molar-refractivity contribution in [2.45, 2.75) is 19.5 Å². The van der Waals surface area contributed by atoms with Gasteiger partial charge in [0.15, 0.2) is 0 Å². The number of pyridine rings is 1. The fraction of sp³-hybridized carbons (Fsp3) is 0.200. The molecule has 0 bridgehead atoms. The van der Waals surface area contributed by atoms with Crippen molar-refractivity contribution in [3.8, 4) is 6.07 Å². The molecule has 0 spiro atoms. The summed E-state index contributed by atoms with van der Waals surface area (Å²) >= 11 is 0. The molecule has 3 nitrogen and oxygen atoms in total. The molecule has 0 saturated heterocycles. The van der Waals surface area contributed by atoms with Crippen LogP contribution >= 0.6 is 0 Å². The van der Waals surface area contributed by atoms with E-state index in [9.17, 15) is 4.39 Å². The van der Waals surface area contributed by atoms with Crippen LogP contribution in [0, 0.1) is 17.1 Å². The molecule has 1 N–H and O–H groups in total. The van der Waals surface area contributed by atoms with Crippen molar-refractivity contribution in [3.63, 3.8) is 0 Å². The summed E-state index contributed by atoms with van der Waals surface area (Å²) in [6.07, 6.45) is 1.21. The van der Waals surface area contributed by atoms with Gasteiger partial charge in [-0.25, -0.2) is 4.39 Å². The van der Waals surface area contributed by atoms with Crippen LogP contribution in [0.3, 0.4) is 0 Å². The first-order valence-corrected chi connectivity index (χ1v) is 6.03. The molecule has 19 heavy (non-hydrogen) atoms. The zero-order chi connectivity index (χ0) is 13.7. The number of aromatic nitrogens is 1. The van der Waals surface area contributed by atoms with Crippen molar-refractivity contribution < 1.29 is 4.39 Å². The lowest BCUT2D eigenvalue weighted by atomic mass is 10.1. The smallest absolute Gasteiger partial charge is 0.141 e. The van der Waals surface area contributed by atoms with Crippen LogP contribution in [0.1, 0.15) is 29.8 Å². The van der Waals surface area contributed by atoms with Gasteiger partial charge in [-0.3, -0.25) is 4.98 Å². The SMILES string of the molecule is CC(NCc1cccc(C#N)c1)c1ccc(F)cn1. The van der Waals surface area contributed by atoms with Gasteiger partial charge in [-0.15, -0.1) is 0 Å². The van der Waals surface area contributed by atoms with Crippen molar-refractivity contribution in [1.29, 1.82) is 5.26 Å². The zero-order valence-corrected chi connectivity index (χ0v) is 10.6. The number of hydrogen-bond donors (Lipinski definition) is 1. The van der Waals surface area contributed by atoms with E-state index in [4.69, 9.17) is 5.26 Å². The minimum absolute atomic E-state index is 0.0198. The summed E-state index contributed by atoms with van der Waals surface area (Å²) in [5.74, 6) is -0.335. The quantitative estimate of drug-likeness (QED) is 0.913. The second kappa shape index (κ2) is 6.07. The van der Waals surface area contributed by atoms with Crippen molar-refractivity contribution >= 4 is 0 Å². The molecular weight excluding hydrogens is 241 g/mol. The first kappa shape index (κ1) is 13.2. The van der Waals surface area contributed by atoms with E-state index in [1.165, 1.54) is 12.3 Å². The highest BCUT2D eigenvalue weighted by molar-refractivity contribution is 5.32. The Morgan fingerprint density at radius 1 is 1.37 bits per heavy atom. The van der Waals surface area contributed by atoms with Gasteiger partial charge in [-0.2, -0.15) is 5.26 Å². The standard InChI is InChI=1S/C15H14FN3/c1-11(15-6-5-14(16)10-19-15)18-9-13-4-2-3-12(7-13)8-17/h2-7,10-11,18H,9H2,1H3. The molecule has 0 fully saturated rings. The maximum absolute atomic E-state index is 12.8. The Morgan fingerprint density at radius 2 is 2.21 bits per heavy atom. The van der Waals surface area contributed by atoms with E-state index in [1.54, 1.807) is 12.1 Å². The van der Waals surface area contributed by atoms with Crippen molar-refractivity contribution in [1.82, 2.24) is 10.3 Å². The maximum Gasteiger partial charge on any atom is 0.141 e. The third-order valence-electron chi connectivity index (χ3n) is 2.86. The van der Waals surface area contributed by atoms with Crippen LogP contribution in [0.5, 0.6) is 0 Å². The summed E-state index contributed by atoms with van der Waals surface area (Å²) < 4.78 is 12.8. The topological polar surface area (TPSA) is 48.7 Å². The Kier molecular flexibility index (Phi) is 4.22. The molecule has 2 rings (SSSR count). The van der Waals surface area contributed by atoms with Gasteiger partial charge in [0.1, 0.15) is 5.82 Å². The van der Waals surface area contributed by atoms with Crippen LogP contribution in [0.4, 0.5) is 4.39 Å². The molecule has 0 aliphatic rings. The maximum atomic E-state index is 12.8. The summed E-state index contributed by atoms with van der Waals surface area (Å²) in [5.41, 5.74) is 2.47. The Balaban J connectivity index is 1.98. The Labute approximate surface area is 111 Å². The predicted molar refractivity (Wildman–Crippen MR) is 70.6 cm³/mol. The van der Waals surface area contributed by atoms with Gasteiger partial charge >= 0.3 is 0 Å². The minimum atomic E-state index is -0.335. The average Bonchev–Trinajstić information content (AvgIpc) is 2.46. The molecular formula is C15H14FN3. The Bertz CT molecular complexity index is 587. The van der Waals surface area contributed by atoms with Crippen LogP contribution in [0.2, 0.25) is 0 Å². The average molecular weight is 255 g/mol. The Morgan fingerprint density at radius 3 is 2.89 bits per heavy atom. The Hall–Kier alpha value is -2.25. The van der Waals surface area contributed by atoms with Crippen LogP contribution in [0.15, 0.2) is 42.6 Å². The van der Waals surface area contributed by atoms with Gasteiger partial charge in [0.25, 0.3) is 0 Å². The second-order valence-electron chi connectivity index (χ2n) is 4.32. The summed E-state index contributed by atoms with van der Waals surface area (Å²) in [6, 6.07) is 12.6. The van der Waals surface area contributed by atoms with E-state index in [2.05, 4.69) is 16.4 Å². The molecule has 4 heteroatoms. The highest BCUT2D eigenvalue weighted by Crippen LogP contribution is 2.11. The first-order chi connectivity index (χ1) is 9.19. The minimum Gasteiger partial charge on any atom is -0.305 e. The lowest BCUT2D eigenvalue weighted by molar-refractivity contribution is 0.554. The van der Waals surface area contributed by atoms with Crippen LogP contribution in [-0.2, 0) is 6.54 Å². The number of halogens is 1. The van der Waals surface area contributed by atoms with Gasteiger partial charge in [-0.1, -0.05) is 12.1 Å². The first-order valence-electron chi connectivity index (χ1n) is 6.03. The van der Waals surface area contributed by atoms with E-state index in [0.29, 0.717) is 12.1 Å². The lowest BCUT2D eigenvalue weighted by Crippen LogP contribution is -2.19. The highest BCUT2D eigenvalue weighted by Gasteiger charge is 2.06. The summed E-state index contributed by atoms with van der Waals surface area (Å²) in [6.45, 7) is 2.60. The van der Waals surface area contributed by atoms with E-state index < -0.39 is 0 Å². The van der Waals surface area contributed by atoms with E-state index >= 15 is 0 Å². The predicted octanol–water partition coefficient (Wildman–Crippen LogP) is 2.94. The third-order valence-corrected chi connectivity index (χ3v) is 2.86. The van der Waals surface area contributed by atoms with Gasteiger partial charge in [0.05, 0.1) is 23.5 Å². The van der Waals surface area contributed by atoms with Gasteiger partial charge < -0.3 is 5.32 Å². The molecule has 0 saturated carbocycles. The molecule has 1 heterocycles. The molecule has 1 atom stereocenters. The summed E-state index contributed by atoms with van der Waals surface area (Å²) in [4.78, 5) is 4.03. The highest BCUT2D eigenvalue weighted by atomic mass is 19.1. The fourth-order valence-electron chi connectivity index (χ4n) is 1.77. The van der Waals surface area contributed by atoms with E-state index in [1.807, 2.05) is 25.1 Å². The molecule has 96 valence electrons. The second-order valence-corrected chi connectivity index (χ2v) is 4.32. The molecule has 0 amide bonds. The molecule has 2 aromatic rings. The lowest BCUT2D eigenvalue weighted by Gasteiger charge is -2.13. The zero-order valence-electron chi connectivity index (χ0n) is 10.6. The summed E-state index contributed by atoms with van der Waals surface area (Å²) in [5, 5.41) is 12.1. The fourth-order valence-corrected chi connectivity index (χ4v) is 1.77. The van der Waals surface area contributed by atoms with E-state index in [0.717, 1.165) is 11.3 Å². The number of nitrogens with one attached hydrogen (secondary N) is 1. The molecule has 0 aliphatic heterocycles. The van der Waals surface area contributed by atoms with Crippen LogP contribution in [-0.4, -0.2) is 4.98 Å². The summed E-state index contributed by atoms with van der Waals surface area (Å²) in [7, 11) is 0. The van der Waals surface area contributed by atoms with Crippen LogP contribution in [0.25, 0.3) is 0 Å². The molecule has 1 aromatic carbocycles. The third kappa shape index (κ3) is 3.60. The van der Waals surface area contributed by atoms with Crippen molar-refractivity contribution in [2.24, 2.45) is 0 Å². The van der Waals surface area contributed by atoms with Crippen molar-refractivity contribution in [2.75, 3.05) is 0 Å². The molecule has 1 unspecified atom stereocenters. The van der Waals surface area contributed by atoms with Gasteiger partial charge in [0.2, 0.25) is 0 Å². The normalized spacial score (nSPS) is 11.8. The number of rotatable bonds is 4. The van der Waals surface area contributed by atoms with E-state index in [-0.39, 0.29) is 11.9 Å². The number of nitriles is 1. The number of nitrogens with zero attached hydrogens (tertiary/aromatic N) is 2.